The highest BCUT2D eigenvalue weighted by Crippen LogP contribution is 2.24. The molecule has 0 fully saturated rings. The zero-order valence-electron chi connectivity index (χ0n) is 13.4. The van der Waals surface area contributed by atoms with Crippen molar-refractivity contribution in [3.05, 3.63) is 70.5 Å². The number of hydrogen-bond acceptors (Lipinski definition) is 6. The van der Waals surface area contributed by atoms with Crippen LogP contribution in [0.1, 0.15) is 16.2 Å². The summed E-state index contributed by atoms with van der Waals surface area (Å²) in [5.74, 6) is -0.841. The molecule has 8 nitrogen and oxygen atoms in total. The van der Waals surface area contributed by atoms with Crippen LogP contribution < -0.4 is 10.9 Å². The molecule has 1 aromatic carbocycles. The van der Waals surface area contributed by atoms with E-state index in [-0.39, 0.29) is 23.5 Å². The van der Waals surface area contributed by atoms with Gasteiger partial charge in [-0.15, -0.1) is 0 Å². The third kappa shape index (κ3) is 2.63. The van der Waals surface area contributed by atoms with Crippen LogP contribution in [-0.4, -0.2) is 31.2 Å². The number of pyridine rings is 2. The number of hydrogen-bond donors (Lipinski definition) is 3. The van der Waals surface area contributed by atoms with Crippen LogP contribution in [0.15, 0.2) is 53.6 Å². The van der Waals surface area contributed by atoms with Gasteiger partial charge in [0, 0.05) is 23.2 Å². The zero-order valence-corrected chi connectivity index (χ0v) is 13.4. The van der Waals surface area contributed by atoms with Gasteiger partial charge in [-0.1, -0.05) is 18.2 Å². The lowest BCUT2D eigenvalue weighted by molar-refractivity contribution is 0.0943. The molecule has 4 aromatic rings. The standard InChI is InChI=1S/C18H13N5O3/c24-16-14-10(4-3-7-19-14)8-20-15(16)18(26)21-9-13-11-5-1-2-6-12(11)17(25)23-22-13/h1-8,24H,9H2,(H,21,26)(H,23,25). The summed E-state index contributed by atoms with van der Waals surface area (Å²) in [5, 5.41) is 21.1. The number of carbonyl (C=O) groups excluding carboxylic acids is 1. The minimum Gasteiger partial charge on any atom is -0.504 e. The normalized spacial score (nSPS) is 10.9. The molecule has 3 aromatic heterocycles. The number of aromatic amines is 1. The quantitative estimate of drug-likeness (QED) is 0.516. The number of rotatable bonds is 3. The molecule has 0 aliphatic carbocycles. The molecule has 1 amide bonds. The van der Waals surface area contributed by atoms with Gasteiger partial charge >= 0.3 is 0 Å². The highest BCUT2D eigenvalue weighted by Gasteiger charge is 2.17. The topological polar surface area (TPSA) is 121 Å². The molecular weight excluding hydrogens is 334 g/mol. The molecule has 0 saturated heterocycles. The molecule has 0 spiro atoms. The zero-order chi connectivity index (χ0) is 18.1. The number of amides is 1. The van der Waals surface area contributed by atoms with Crippen molar-refractivity contribution in [1.29, 1.82) is 0 Å². The molecule has 0 unspecified atom stereocenters. The van der Waals surface area contributed by atoms with Gasteiger partial charge in [0.1, 0.15) is 5.52 Å². The molecule has 8 heteroatoms. The van der Waals surface area contributed by atoms with Gasteiger partial charge in [-0.3, -0.25) is 14.6 Å². The van der Waals surface area contributed by atoms with E-state index in [0.717, 1.165) is 0 Å². The van der Waals surface area contributed by atoms with Gasteiger partial charge in [-0.2, -0.15) is 5.10 Å². The Morgan fingerprint density at radius 3 is 2.77 bits per heavy atom. The Hall–Kier alpha value is -3.81. The van der Waals surface area contributed by atoms with Crippen LogP contribution >= 0.6 is 0 Å². The van der Waals surface area contributed by atoms with E-state index in [1.807, 2.05) is 0 Å². The van der Waals surface area contributed by atoms with E-state index in [2.05, 4.69) is 25.5 Å². The molecule has 3 heterocycles. The van der Waals surface area contributed by atoms with Crippen molar-refractivity contribution in [1.82, 2.24) is 25.5 Å². The third-order valence-electron chi connectivity index (χ3n) is 4.03. The van der Waals surface area contributed by atoms with Gasteiger partial charge in [0.15, 0.2) is 11.4 Å². The van der Waals surface area contributed by atoms with Crippen LogP contribution in [0.3, 0.4) is 0 Å². The first-order chi connectivity index (χ1) is 12.6. The molecule has 0 bridgehead atoms. The lowest BCUT2D eigenvalue weighted by Crippen LogP contribution is -2.25. The molecule has 3 N–H and O–H groups in total. The maximum Gasteiger partial charge on any atom is 0.274 e. The molecule has 0 saturated carbocycles. The van der Waals surface area contributed by atoms with Gasteiger partial charge < -0.3 is 10.4 Å². The number of fused-ring (bicyclic) bond motifs is 2. The van der Waals surface area contributed by atoms with Crippen LogP contribution in [0.25, 0.3) is 21.7 Å². The van der Waals surface area contributed by atoms with Gasteiger partial charge in [-0.05, 0) is 18.2 Å². The molecule has 0 atom stereocenters. The maximum atomic E-state index is 12.4. The molecule has 128 valence electrons. The number of benzene rings is 1. The van der Waals surface area contributed by atoms with Gasteiger partial charge in [0.05, 0.1) is 17.6 Å². The molecule has 0 aliphatic heterocycles. The Balaban J connectivity index is 1.63. The monoisotopic (exact) mass is 347 g/mol. The van der Waals surface area contributed by atoms with Crippen molar-refractivity contribution >= 4 is 27.6 Å². The first kappa shape index (κ1) is 15.7. The van der Waals surface area contributed by atoms with E-state index in [0.29, 0.717) is 27.4 Å². The van der Waals surface area contributed by atoms with Crippen molar-refractivity contribution in [3.8, 4) is 5.75 Å². The highest BCUT2D eigenvalue weighted by molar-refractivity contribution is 6.00. The summed E-state index contributed by atoms with van der Waals surface area (Å²) in [5.41, 5.74) is 0.396. The van der Waals surface area contributed by atoms with Crippen molar-refractivity contribution in [2.45, 2.75) is 6.54 Å². The predicted molar refractivity (Wildman–Crippen MR) is 94.7 cm³/mol. The highest BCUT2D eigenvalue weighted by atomic mass is 16.3. The van der Waals surface area contributed by atoms with Crippen LogP contribution in [0, 0.1) is 0 Å². The van der Waals surface area contributed by atoms with Crippen LogP contribution in [-0.2, 0) is 6.54 Å². The summed E-state index contributed by atoms with van der Waals surface area (Å²) in [6.07, 6.45) is 3.00. The summed E-state index contributed by atoms with van der Waals surface area (Å²) in [6.45, 7) is 0.0670. The first-order valence-corrected chi connectivity index (χ1v) is 7.82. The van der Waals surface area contributed by atoms with Gasteiger partial charge in [0.2, 0.25) is 0 Å². The average Bonchev–Trinajstić information content (AvgIpc) is 2.68. The summed E-state index contributed by atoms with van der Waals surface area (Å²) in [7, 11) is 0. The molecule has 0 aliphatic rings. The van der Waals surface area contributed by atoms with Crippen molar-refractivity contribution in [3.63, 3.8) is 0 Å². The second-order valence-electron chi connectivity index (χ2n) is 5.62. The lowest BCUT2D eigenvalue weighted by Gasteiger charge is -2.08. The number of carbonyl (C=O) groups is 1. The second kappa shape index (κ2) is 6.25. The van der Waals surface area contributed by atoms with Crippen LogP contribution in [0.5, 0.6) is 5.75 Å². The van der Waals surface area contributed by atoms with E-state index < -0.39 is 5.91 Å². The molecular formula is C18H13N5O3. The third-order valence-corrected chi connectivity index (χ3v) is 4.03. The Labute approximate surface area is 146 Å². The van der Waals surface area contributed by atoms with E-state index in [1.165, 1.54) is 12.4 Å². The maximum absolute atomic E-state index is 12.4. The minimum atomic E-state index is -0.563. The van der Waals surface area contributed by atoms with Crippen molar-refractivity contribution in [2.24, 2.45) is 0 Å². The number of aromatic hydroxyl groups is 1. The Morgan fingerprint density at radius 1 is 1.12 bits per heavy atom. The minimum absolute atomic E-state index is 0.0670. The largest absolute Gasteiger partial charge is 0.504 e. The SMILES string of the molecule is O=C(NCc1n[nH]c(=O)c2ccccc12)c1ncc2cccnc2c1O. The first-order valence-electron chi connectivity index (χ1n) is 7.82. The number of nitrogens with zero attached hydrogens (tertiary/aromatic N) is 3. The lowest BCUT2D eigenvalue weighted by atomic mass is 10.1. The van der Waals surface area contributed by atoms with E-state index in [4.69, 9.17) is 0 Å². The van der Waals surface area contributed by atoms with E-state index >= 15 is 0 Å². The summed E-state index contributed by atoms with van der Waals surface area (Å²) < 4.78 is 0. The fourth-order valence-corrected chi connectivity index (χ4v) is 2.75. The van der Waals surface area contributed by atoms with E-state index in [9.17, 15) is 14.7 Å². The van der Waals surface area contributed by atoms with Gasteiger partial charge in [-0.25, -0.2) is 10.1 Å². The van der Waals surface area contributed by atoms with Crippen molar-refractivity contribution < 1.29 is 9.90 Å². The number of aromatic nitrogens is 4. The Kier molecular flexibility index (Phi) is 3.77. The summed E-state index contributed by atoms with van der Waals surface area (Å²) >= 11 is 0. The molecule has 26 heavy (non-hydrogen) atoms. The molecule has 4 rings (SSSR count). The Morgan fingerprint density at radius 2 is 1.92 bits per heavy atom. The van der Waals surface area contributed by atoms with E-state index in [1.54, 1.807) is 36.4 Å². The fourth-order valence-electron chi connectivity index (χ4n) is 2.75. The summed E-state index contributed by atoms with van der Waals surface area (Å²) in [6, 6.07) is 10.4. The predicted octanol–water partition coefficient (Wildman–Crippen LogP) is 1.50. The number of nitrogens with one attached hydrogen (secondary N) is 2. The van der Waals surface area contributed by atoms with Crippen LogP contribution in [0.4, 0.5) is 0 Å². The number of H-pyrrole nitrogens is 1. The van der Waals surface area contributed by atoms with Crippen molar-refractivity contribution in [2.75, 3.05) is 0 Å². The Bertz CT molecular complexity index is 1200. The average molecular weight is 347 g/mol. The second-order valence-corrected chi connectivity index (χ2v) is 5.62. The van der Waals surface area contributed by atoms with Gasteiger partial charge in [0.25, 0.3) is 11.5 Å². The molecule has 0 radical (unpaired) electrons. The summed E-state index contributed by atoms with van der Waals surface area (Å²) in [4.78, 5) is 32.3. The van der Waals surface area contributed by atoms with Crippen LogP contribution in [0.2, 0.25) is 0 Å². The fraction of sp³-hybridized carbons (Fsp3) is 0.0556. The smallest absolute Gasteiger partial charge is 0.274 e.